The maximum Gasteiger partial charge on any atom is 0.253 e. The zero-order chi connectivity index (χ0) is 25.9. The van der Waals surface area contributed by atoms with E-state index in [4.69, 9.17) is 21.1 Å². The average Bonchev–Trinajstić information content (AvgIpc) is 2.92. The van der Waals surface area contributed by atoms with Crippen LogP contribution in [0.4, 0.5) is 0 Å². The molecule has 0 spiro atoms. The standard InChI is InChI=1S/C27H30ClN3O5/c1-31(27(33)22-7-5-20(6-8-22)21-9-11-24(28)12-10-21)25(17-36-18-35-2)15-23(26(32)30-34)14-19-4-3-13-29-16-19/h3-13,16,23,25,34H,14-15,17-18H2,1-2H3,(H,30,32)/t23-,25-/m0/s1. The molecule has 0 bridgehead atoms. The van der Waals surface area contributed by atoms with Gasteiger partial charge in [0, 0.05) is 43.1 Å². The number of carbonyl (C=O) groups excluding carboxylic acids is 2. The van der Waals surface area contributed by atoms with E-state index in [0.717, 1.165) is 16.7 Å². The Morgan fingerprint density at radius 1 is 1.08 bits per heavy atom. The van der Waals surface area contributed by atoms with Crippen LogP contribution in [0.5, 0.6) is 0 Å². The van der Waals surface area contributed by atoms with Crippen LogP contribution in [-0.2, 0) is 20.7 Å². The fourth-order valence-corrected chi connectivity index (χ4v) is 4.05. The second kappa shape index (κ2) is 13.7. The molecule has 2 amide bonds. The van der Waals surface area contributed by atoms with Gasteiger partial charge in [0.1, 0.15) is 6.79 Å². The van der Waals surface area contributed by atoms with Gasteiger partial charge >= 0.3 is 0 Å². The number of ether oxygens (including phenoxy) is 2. The Hall–Kier alpha value is -3.30. The molecule has 1 aromatic heterocycles. The Kier molecular flexibility index (Phi) is 10.4. The second-order valence-corrected chi connectivity index (χ2v) is 8.84. The Balaban J connectivity index is 1.77. The molecule has 0 aliphatic rings. The molecule has 0 saturated heterocycles. The van der Waals surface area contributed by atoms with E-state index >= 15 is 0 Å². The minimum atomic E-state index is -0.613. The lowest BCUT2D eigenvalue weighted by Crippen LogP contribution is -2.44. The molecule has 8 nitrogen and oxygen atoms in total. The van der Waals surface area contributed by atoms with Crippen LogP contribution in [0.15, 0.2) is 73.1 Å². The van der Waals surface area contributed by atoms with Crippen molar-refractivity contribution in [3.05, 3.63) is 89.2 Å². The Labute approximate surface area is 215 Å². The van der Waals surface area contributed by atoms with E-state index in [1.54, 1.807) is 48.0 Å². The van der Waals surface area contributed by atoms with Gasteiger partial charge in [-0.2, -0.15) is 0 Å². The molecule has 0 aliphatic carbocycles. The van der Waals surface area contributed by atoms with Crippen LogP contribution in [0.1, 0.15) is 22.3 Å². The summed E-state index contributed by atoms with van der Waals surface area (Å²) in [5, 5.41) is 9.97. The lowest BCUT2D eigenvalue weighted by Gasteiger charge is -2.31. The van der Waals surface area contributed by atoms with Gasteiger partial charge in [0.2, 0.25) is 5.91 Å². The van der Waals surface area contributed by atoms with Gasteiger partial charge in [-0.3, -0.25) is 19.8 Å². The number of carbonyl (C=O) groups is 2. The third-order valence-corrected chi connectivity index (χ3v) is 6.18. The lowest BCUT2D eigenvalue weighted by atomic mass is 9.92. The van der Waals surface area contributed by atoms with Gasteiger partial charge in [0.25, 0.3) is 5.91 Å². The molecule has 3 rings (SSSR count). The number of aromatic nitrogens is 1. The summed E-state index contributed by atoms with van der Waals surface area (Å²) in [6, 6.07) is 18.0. The number of likely N-dealkylation sites (N-methyl/N-ethyl adjacent to an activating group) is 1. The highest BCUT2D eigenvalue weighted by Crippen LogP contribution is 2.23. The van der Waals surface area contributed by atoms with Crippen molar-refractivity contribution in [1.82, 2.24) is 15.4 Å². The van der Waals surface area contributed by atoms with Gasteiger partial charge in [-0.05, 0) is 59.9 Å². The third-order valence-electron chi connectivity index (χ3n) is 5.93. The maximum absolute atomic E-state index is 13.4. The predicted octanol–water partition coefficient (Wildman–Crippen LogP) is 4.22. The summed E-state index contributed by atoms with van der Waals surface area (Å²) in [5.74, 6) is -1.37. The van der Waals surface area contributed by atoms with Crippen molar-refractivity contribution in [3.63, 3.8) is 0 Å². The highest BCUT2D eigenvalue weighted by Gasteiger charge is 2.29. The molecule has 2 aromatic carbocycles. The number of amides is 2. The van der Waals surface area contributed by atoms with Crippen molar-refractivity contribution in [2.24, 2.45) is 5.92 Å². The molecule has 2 atom stereocenters. The number of hydrogen-bond acceptors (Lipinski definition) is 6. The molecular weight excluding hydrogens is 482 g/mol. The topological polar surface area (TPSA) is 101 Å². The van der Waals surface area contributed by atoms with Crippen molar-refractivity contribution in [3.8, 4) is 11.1 Å². The molecule has 0 fully saturated rings. The van der Waals surface area contributed by atoms with Crippen LogP contribution < -0.4 is 5.48 Å². The Morgan fingerprint density at radius 3 is 2.33 bits per heavy atom. The van der Waals surface area contributed by atoms with Gasteiger partial charge in [0.15, 0.2) is 0 Å². The van der Waals surface area contributed by atoms with Crippen LogP contribution in [0.25, 0.3) is 11.1 Å². The van der Waals surface area contributed by atoms with Gasteiger partial charge in [-0.1, -0.05) is 41.9 Å². The van der Waals surface area contributed by atoms with Crippen molar-refractivity contribution in [2.75, 3.05) is 27.6 Å². The van der Waals surface area contributed by atoms with Crippen molar-refractivity contribution in [1.29, 1.82) is 0 Å². The normalized spacial score (nSPS) is 12.6. The molecule has 1 heterocycles. The van der Waals surface area contributed by atoms with Crippen molar-refractivity contribution < 1.29 is 24.3 Å². The fraction of sp³-hybridized carbons (Fsp3) is 0.296. The third kappa shape index (κ3) is 7.60. The number of halogens is 1. The highest BCUT2D eigenvalue weighted by atomic mass is 35.5. The minimum Gasteiger partial charge on any atom is -0.359 e. The van der Waals surface area contributed by atoms with E-state index in [-0.39, 0.29) is 25.7 Å². The summed E-state index contributed by atoms with van der Waals surface area (Å²) in [7, 11) is 3.19. The fourth-order valence-electron chi connectivity index (χ4n) is 3.93. The number of benzene rings is 2. The zero-order valence-corrected chi connectivity index (χ0v) is 21.0. The van der Waals surface area contributed by atoms with Gasteiger partial charge in [-0.25, -0.2) is 5.48 Å². The van der Waals surface area contributed by atoms with Gasteiger partial charge in [-0.15, -0.1) is 0 Å². The molecule has 3 aromatic rings. The van der Waals surface area contributed by atoms with Gasteiger partial charge < -0.3 is 14.4 Å². The van der Waals surface area contributed by atoms with Crippen LogP contribution in [0.3, 0.4) is 0 Å². The Morgan fingerprint density at radius 2 is 1.75 bits per heavy atom. The molecule has 2 N–H and O–H groups in total. The predicted molar refractivity (Wildman–Crippen MR) is 137 cm³/mol. The first kappa shape index (κ1) is 27.3. The molecule has 0 aliphatic heterocycles. The number of nitrogens with one attached hydrogen (secondary N) is 1. The summed E-state index contributed by atoms with van der Waals surface area (Å²) in [4.78, 5) is 31.5. The van der Waals surface area contributed by atoms with E-state index in [0.29, 0.717) is 17.0 Å². The SMILES string of the molecule is COCOC[C@H](C[C@H](Cc1cccnc1)C(=O)NO)N(C)C(=O)c1ccc(-c2ccc(Cl)cc2)cc1. The molecule has 36 heavy (non-hydrogen) atoms. The number of hydroxylamine groups is 1. The smallest absolute Gasteiger partial charge is 0.253 e. The second-order valence-electron chi connectivity index (χ2n) is 8.41. The summed E-state index contributed by atoms with van der Waals surface area (Å²) in [5.41, 5.74) is 5.04. The molecule has 190 valence electrons. The van der Waals surface area contributed by atoms with E-state index in [2.05, 4.69) is 4.98 Å². The monoisotopic (exact) mass is 511 g/mol. The molecule has 9 heteroatoms. The Bertz CT molecular complexity index is 1110. The number of nitrogens with zero attached hydrogens (tertiary/aromatic N) is 2. The largest absolute Gasteiger partial charge is 0.359 e. The molecule has 0 saturated carbocycles. The number of rotatable bonds is 12. The summed E-state index contributed by atoms with van der Waals surface area (Å²) in [6.45, 7) is 0.203. The zero-order valence-electron chi connectivity index (χ0n) is 20.3. The van der Waals surface area contributed by atoms with Crippen LogP contribution in [0.2, 0.25) is 5.02 Å². The van der Waals surface area contributed by atoms with Gasteiger partial charge in [0.05, 0.1) is 12.6 Å². The first-order valence-electron chi connectivity index (χ1n) is 11.5. The van der Waals surface area contributed by atoms with E-state index in [1.807, 2.05) is 42.5 Å². The molecule has 0 unspecified atom stereocenters. The van der Waals surface area contributed by atoms with E-state index in [1.165, 1.54) is 7.11 Å². The maximum atomic E-state index is 13.4. The lowest BCUT2D eigenvalue weighted by molar-refractivity contribution is -0.134. The number of pyridine rings is 1. The average molecular weight is 512 g/mol. The highest BCUT2D eigenvalue weighted by molar-refractivity contribution is 6.30. The number of hydrogen-bond donors (Lipinski definition) is 2. The molecule has 0 radical (unpaired) electrons. The minimum absolute atomic E-state index is 0.0494. The summed E-state index contributed by atoms with van der Waals surface area (Å²) in [6.07, 6.45) is 3.93. The molecular formula is C27H30ClN3O5. The van der Waals surface area contributed by atoms with E-state index < -0.39 is 17.9 Å². The summed E-state index contributed by atoms with van der Waals surface area (Å²) >= 11 is 5.98. The first-order valence-corrected chi connectivity index (χ1v) is 11.8. The van der Waals surface area contributed by atoms with Crippen LogP contribution in [-0.4, -0.2) is 60.5 Å². The first-order chi connectivity index (χ1) is 17.4. The quantitative estimate of drug-likeness (QED) is 0.163. The van der Waals surface area contributed by atoms with Crippen molar-refractivity contribution >= 4 is 23.4 Å². The van der Waals surface area contributed by atoms with Crippen LogP contribution in [0, 0.1) is 5.92 Å². The summed E-state index contributed by atoms with van der Waals surface area (Å²) < 4.78 is 10.6. The van der Waals surface area contributed by atoms with E-state index in [9.17, 15) is 14.8 Å². The van der Waals surface area contributed by atoms with Crippen molar-refractivity contribution in [2.45, 2.75) is 18.9 Å². The number of methoxy groups -OCH3 is 1. The van der Waals surface area contributed by atoms with Crippen LogP contribution >= 0.6 is 11.6 Å².